The Labute approximate surface area is 192 Å². The van der Waals surface area contributed by atoms with Gasteiger partial charge in [0.15, 0.2) is 11.5 Å². The maximum absolute atomic E-state index is 13.8. The number of imide groups is 1. The third-order valence-corrected chi connectivity index (χ3v) is 6.15. The van der Waals surface area contributed by atoms with Crippen molar-refractivity contribution < 1.29 is 19.1 Å². The normalized spacial score (nSPS) is 15.4. The Morgan fingerprint density at radius 2 is 1.61 bits per heavy atom. The smallest absolute Gasteiger partial charge is 0.282 e. The minimum absolute atomic E-state index is 0.327. The van der Waals surface area contributed by atoms with Crippen LogP contribution in [-0.2, 0) is 16.0 Å². The van der Waals surface area contributed by atoms with Crippen LogP contribution in [0.4, 0.5) is 11.4 Å². The SMILES string of the molecule is COc1ccc(C2=C(N3CCc4ccccc43)C(=O)N(c3cccc(C)c3)C2=O)cc1OC. The molecule has 6 nitrogen and oxygen atoms in total. The highest BCUT2D eigenvalue weighted by Gasteiger charge is 2.44. The summed E-state index contributed by atoms with van der Waals surface area (Å²) >= 11 is 0. The predicted molar refractivity (Wildman–Crippen MR) is 128 cm³/mol. The van der Waals surface area contributed by atoms with Crippen LogP contribution in [0.3, 0.4) is 0 Å². The highest BCUT2D eigenvalue weighted by Crippen LogP contribution is 2.41. The van der Waals surface area contributed by atoms with E-state index in [0.29, 0.717) is 40.6 Å². The molecule has 0 N–H and O–H groups in total. The quantitative estimate of drug-likeness (QED) is 0.552. The number of carbonyl (C=O) groups is 2. The van der Waals surface area contributed by atoms with Crippen LogP contribution in [-0.4, -0.2) is 32.6 Å². The van der Waals surface area contributed by atoms with Gasteiger partial charge in [-0.15, -0.1) is 0 Å². The Kier molecular flexibility index (Phi) is 5.13. The molecule has 33 heavy (non-hydrogen) atoms. The molecule has 0 unspecified atom stereocenters. The van der Waals surface area contributed by atoms with Crippen molar-refractivity contribution in [2.45, 2.75) is 13.3 Å². The van der Waals surface area contributed by atoms with E-state index in [1.807, 2.05) is 48.2 Å². The fourth-order valence-electron chi connectivity index (χ4n) is 4.59. The molecule has 0 aromatic heterocycles. The van der Waals surface area contributed by atoms with E-state index in [-0.39, 0.29) is 11.8 Å². The average molecular weight is 440 g/mol. The Hall–Kier alpha value is -4.06. The van der Waals surface area contributed by atoms with Gasteiger partial charge in [0.2, 0.25) is 0 Å². The number of para-hydroxylation sites is 1. The van der Waals surface area contributed by atoms with Crippen LogP contribution in [0.2, 0.25) is 0 Å². The summed E-state index contributed by atoms with van der Waals surface area (Å²) in [6, 6.07) is 20.7. The summed E-state index contributed by atoms with van der Waals surface area (Å²) in [7, 11) is 3.11. The fourth-order valence-corrected chi connectivity index (χ4v) is 4.59. The van der Waals surface area contributed by atoms with Gasteiger partial charge in [0.1, 0.15) is 5.70 Å². The number of hydrogen-bond acceptors (Lipinski definition) is 5. The number of fused-ring (bicyclic) bond motifs is 1. The first-order chi connectivity index (χ1) is 16.0. The van der Waals surface area contributed by atoms with Gasteiger partial charge in [-0.25, -0.2) is 4.90 Å². The zero-order valence-electron chi connectivity index (χ0n) is 18.8. The van der Waals surface area contributed by atoms with E-state index in [4.69, 9.17) is 9.47 Å². The molecule has 2 amide bonds. The monoisotopic (exact) mass is 440 g/mol. The maximum Gasteiger partial charge on any atom is 0.282 e. The zero-order valence-corrected chi connectivity index (χ0v) is 18.8. The Morgan fingerprint density at radius 1 is 0.818 bits per heavy atom. The molecule has 0 radical (unpaired) electrons. The first-order valence-corrected chi connectivity index (χ1v) is 10.8. The standard InChI is InChI=1S/C27H24N2O4/c1-17-7-6-9-20(15-17)29-26(30)24(19-11-12-22(32-2)23(16-19)33-3)25(27(29)31)28-14-13-18-8-4-5-10-21(18)28/h4-12,15-16H,13-14H2,1-3H3. The molecule has 0 atom stereocenters. The van der Waals surface area contributed by atoms with E-state index in [1.165, 1.54) is 4.90 Å². The molecule has 0 saturated carbocycles. The van der Waals surface area contributed by atoms with Gasteiger partial charge in [0.25, 0.3) is 11.8 Å². The van der Waals surface area contributed by atoms with Crippen molar-refractivity contribution in [2.75, 3.05) is 30.6 Å². The molecular formula is C27H24N2O4. The number of anilines is 2. The minimum atomic E-state index is -0.350. The van der Waals surface area contributed by atoms with Gasteiger partial charge in [-0.05, 0) is 60.4 Å². The second-order valence-electron chi connectivity index (χ2n) is 8.11. The van der Waals surface area contributed by atoms with Gasteiger partial charge >= 0.3 is 0 Å². The van der Waals surface area contributed by atoms with E-state index in [9.17, 15) is 9.59 Å². The predicted octanol–water partition coefficient (Wildman–Crippen LogP) is 4.36. The average Bonchev–Trinajstić information content (AvgIpc) is 3.36. The molecule has 3 aromatic rings. The van der Waals surface area contributed by atoms with E-state index >= 15 is 0 Å². The lowest BCUT2D eigenvalue weighted by atomic mass is 10.0. The van der Waals surface area contributed by atoms with E-state index in [1.54, 1.807) is 38.5 Å². The maximum atomic E-state index is 13.8. The molecule has 2 aliphatic heterocycles. The summed E-state index contributed by atoms with van der Waals surface area (Å²) in [5.41, 5.74) is 5.01. The second-order valence-corrected chi connectivity index (χ2v) is 8.11. The molecule has 3 aromatic carbocycles. The van der Waals surface area contributed by atoms with Gasteiger partial charge in [-0.2, -0.15) is 0 Å². The molecule has 0 spiro atoms. The molecule has 166 valence electrons. The molecule has 2 heterocycles. The van der Waals surface area contributed by atoms with Crippen molar-refractivity contribution in [3.63, 3.8) is 0 Å². The Morgan fingerprint density at radius 3 is 2.36 bits per heavy atom. The van der Waals surface area contributed by atoms with E-state index < -0.39 is 0 Å². The molecule has 0 aliphatic carbocycles. The van der Waals surface area contributed by atoms with Crippen molar-refractivity contribution in [1.29, 1.82) is 0 Å². The number of amides is 2. The minimum Gasteiger partial charge on any atom is -0.493 e. The van der Waals surface area contributed by atoms with Crippen LogP contribution in [0.15, 0.2) is 72.4 Å². The largest absolute Gasteiger partial charge is 0.493 e. The zero-order chi connectivity index (χ0) is 23.1. The Bertz CT molecular complexity index is 1310. The van der Waals surface area contributed by atoms with Crippen molar-refractivity contribution in [3.8, 4) is 11.5 Å². The van der Waals surface area contributed by atoms with Crippen molar-refractivity contribution in [3.05, 3.63) is 89.1 Å². The van der Waals surface area contributed by atoms with Crippen LogP contribution < -0.4 is 19.3 Å². The number of rotatable bonds is 5. The van der Waals surface area contributed by atoms with Crippen LogP contribution in [0.1, 0.15) is 16.7 Å². The number of benzene rings is 3. The van der Waals surface area contributed by atoms with Crippen molar-refractivity contribution >= 4 is 28.8 Å². The lowest BCUT2D eigenvalue weighted by Crippen LogP contribution is -2.34. The summed E-state index contributed by atoms with van der Waals surface area (Å²) < 4.78 is 10.8. The van der Waals surface area contributed by atoms with E-state index in [2.05, 4.69) is 6.07 Å². The van der Waals surface area contributed by atoms with Gasteiger partial charge in [0.05, 0.1) is 25.5 Å². The first-order valence-electron chi connectivity index (χ1n) is 10.8. The molecule has 0 bridgehead atoms. The topological polar surface area (TPSA) is 59.1 Å². The van der Waals surface area contributed by atoms with Crippen LogP contribution in [0.25, 0.3) is 5.57 Å². The summed E-state index contributed by atoms with van der Waals surface area (Å²) in [6.45, 7) is 2.57. The third-order valence-electron chi connectivity index (χ3n) is 6.15. The number of carbonyl (C=O) groups excluding carboxylic acids is 2. The number of aryl methyl sites for hydroxylation is 1. The van der Waals surface area contributed by atoms with Gasteiger partial charge in [0, 0.05) is 12.2 Å². The van der Waals surface area contributed by atoms with Crippen molar-refractivity contribution in [2.24, 2.45) is 0 Å². The van der Waals surface area contributed by atoms with E-state index in [0.717, 1.165) is 23.2 Å². The molecule has 2 aliphatic rings. The molecular weight excluding hydrogens is 416 g/mol. The summed E-state index contributed by atoms with van der Waals surface area (Å²) in [5, 5.41) is 0. The highest BCUT2D eigenvalue weighted by atomic mass is 16.5. The van der Waals surface area contributed by atoms with Crippen LogP contribution in [0, 0.1) is 6.92 Å². The number of ether oxygens (including phenoxy) is 2. The van der Waals surface area contributed by atoms with Gasteiger partial charge in [-0.1, -0.05) is 36.4 Å². The van der Waals surface area contributed by atoms with Gasteiger partial charge in [-0.3, -0.25) is 9.59 Å². The number of methoxy groups -OCH3 is 2. The Balaban J connectivity index is 1.70. The van der Waals surface area contributed by atoms with Crippen LogP contribution in [0.5, 0.6) is 11.5 Å². The second kappa shape index (κ2) is 8.13. The molecule has 6 heteroatoms. The molecule has 5 rings (SSSR count). The number of nitrogens with zero attached hydrogens (tertiary/aromatic N) is 2. The van der Waals surface area contributed by atoms with Gasteiger partial charge < -0.3 is 14.4 Å². The third kappa shape index (κ3) is 3.35. The number of hydrogen-bond donors (Lipinski definition) is 0. The molecule has 0 fully saturated rings. The summed E-state index contributed by atoms with van der Waals surface area (Å²) in [4.78, 5) is 30.9. The van der Waals surface area contributed by atoms with Crippen molar-refractivity contribution in [1.82, 2.24) is 0 Å². The lowest BCUT2D eigenvalue weighted by molar-refractivity contribution is -0.120. The molecule has 0 saturated heterocycles. The highest BCUT2D eigenvalue weighted by molar-refractivity contribution is 6.46. The first kappa shape index (κ1) is 20.8. The van der Waals surface area contributed by atoms with Crippen LogP contribution >= 0.6 is 0 Å². The summed E-state index contributed by atoms with van der Waals surface area (Å²) in [5.74, 6) is 0.379. The fraction of sp³-hybridized carbons (Fsp3) is 0.185. The summed E-state index contributed by atoms with van der Waals surface area (Å²) in [6.07, 6.45) is 0.810. The lowest BCUT2D eigenvalue weighted by Gasteiger charge is -2.22.